The van der Waals surface area contributed by atoms with Crippen molar-refractivity contribution in [2.24, 2.45) is 21.1 Å². The third-order valence-electron chi connectivity index (χ3n) is 3.63. The van der Waals surface area contributed by atoms with Crippen LogP contribution >= 0.6 is 24.0 Å². The van der Waals surface area contributed by atoms with Gasteiger partial charge in [-0.25, -0.2) is 9.78 Å². The molecule has 0 spiro atoms. The minimum absolute atomic E-state index is 0.353. The highest BCUT2D eigenvalue weighted by molar-refractivity contribution is 8.22. The molecule has 0 amide bonds. The van der Waals surface area contributed by atoms with Crippen LogP contribution in [0.2, 0.25) is 0 Å². The lowest BCUT2D eigenvalue weighted by Crippen LogP contribution is -2.37. The van der Waals surface area contributed by atoms with E-state index in [-0.39, 0.29) is 5.56 Å². The summed E-state index contributed by atoms with van der Waals surface area (Å²) in [4.78, 5) is 30.8. The fraction of sp³-hybridized carbons (Fsp3) is 0.538. The lowest BCUT2D eigenvalue weighted by molar-refractivity contribution is 0.482. The molecule has 2 rings (SSSR count). The van der Waals surface area contributed by atoms with Gasteiger partial charge in [0.15, 0.2) is 16.3 Å². The molecule has 2 aromatic rings. The number of fused-ring (bicyclic) bond motifs is 1. The van der Waals surface area contributed by atoms with Crippen LogP contribution in [0, 0.1) is 0 Å². The number of thioether (sulfide) groups is 1. The average molecular weight is 341 g/mol. The molecule has 2 aromatic heterocycles. The third-order valence-corrected chi connectivity index (χ3v) is 5.12. The van der Waals surface area contributed by atoms with Gasteiger partial charge in [0.2, 0.25) is 0 Å². The van der Waals surface area contributed by atoms with Crippen molar-refractivity contribution in [3.05, 3.63) is 20.8 Å². The van der Waals surface area contributed by atoms with E-state index in [9.17, 15) is 9.59 Å². The molecule has 0 aliphatic carbocycles. The Morgan fingerprint density at radius 3 is 2.27 bits per heavy atom. The summed E-state index contributed by atoms with van der Waals surface area (Å²) >= 11 is 6.75. The molecule has 7 nitrogen and oxygen atoms in total. The van der Waals surface area contributed by atoms with Crippen molar-refractivity contribution in [2.45, 2.75) is 19.0 Å². The van der Waals surface area contributed by atoms with Gasteiger partial charge in [-0.2, -0.15) is 0 Å². The zero-order valence-corrected chi connectivity index (χ0v) is 14.9. The third kappa shape index (κ3) is 2.58. The number of rotatable bonds is 3. The van der Waals surface area contributed by atoms with Crippen molar-refractivity contribution in [1.29, 1.82) is 0 Å². The average Bonchev–Trinajstić information content (AvgIpc) is 2.81. The molecule has 0 aromatic carbocycles. The molecule has 22 heavy (non-hydrogen) atoms. The van der Waals surface area contributed by atoms with Crippen molar-refractivity contribution in [3.8, 4) is 0 Å². The number of hydrogen-bond donors (Lipinski definition) is 0. The predicted molar refractivity (Wildman–Crippen MR) is 92.6 cm³/mol. The summed E-state index contributed by atoms with van der Waals surface area (Å²) in [5, 5.41) is 0.602. The van der Waals surface area contributed by atoms with Gasteiger partial charge in [-0.15, -0.1) is 0 Å². The molecule has 0 aliphatic rings. The van der Waals surface area contributed by atoms with E-state index in [1.165, 1.54) is 23.4 Å². The monoisotopic (exact) mass is 341 g/mol. The second-order valence-corrected chi connectivity index (χ2v) is 6.47. The number of thiocarbonyl (C=S) groups is 1. The predicted octanol–water partition coefficient (Wildman–Crippen LogP) is 0.689. The molecule has 2 heterocycles. The summed E-state index contributed by atoms with van der Waals surface area (Å²) in [6.07, 6.45) is 0. The quantitative estimate of drug-likeness (QED) is 0.605. The fourth-order valence-corrected chi connectivity index (χ4v) is 3.60. The van der Waals surface area contributed by atoms with Gasteiger partial charge in [-0.1, -0.05) is 12.2 Å². The van der Waals surface area contributed by atoms with E-state index in [1.54, 1.807) is 18.7 Å². The first-order chi connectivity index (χ1) is 10.3. The molecule has 0 N–H and O–H groups in total. The number of nitrogens with zero attached hydrogens (tertiary/aromatic N) is 5. The fourth-order valence-electron chi connectivity index (χ4n) is 2.21. The largest absolute Gasteiger partial charge is 0.358 e. The van der Waals surface area contributed by atoms with Crippen molar-refractivity contribution in [1.82, 2.24) is 23.6 Å². The lowest BCUT2D eigenvalue weighted by Gasteiger charge is -2.20. The Hall–Kier alpha value is -1.61. The Morgan fingerprint density at radius 1 is 1.14 bits per heavy atom. The maximum Gasteiger partial charge on any atom is 0.332 e. The summed E-state index contributed by atoms with van der Waals surface area (Å²) < 4.78 is 4.85. The number of aryl methyl sites for hydroxylation is 2. The maximum absolute atomic E-state index is 12.3. The molecule has 0 saturated carbocycles. The molecule has 0 saturated heterocycles. The molecule has 0 aliphatic heterocycles. The second kappa shape index (κ2) is 6.25. The van der Waals surface area contributed by atoms with Crippen LogP contribution in [-0.4, -0.2) is 41.0 Å². The van der Waals surface area contributed by atoms with Crippen LogP contribution < -0.4 is 11.2 Å². The molecular formula is C13H19N5O2S2. The molecule has 0 radical (unpaired) electrons. The Labute approximate surface area is 137 Å². The Kier molecular flexibility index (Phi) is 4.76. The van der Waals surface area contributed by atoms with E-state index in [2.05, 4.69) is 4.98 Å². The Balaban J connectivity index is 2.59. The van der Waals surface area contributed by atoms with Crippen LogP contribution in [0.1, 0.15) is 13.8 Å². The van der Waals surface area contributed by atoms with Crippen molar-refractivity contribution < 1.29 is 0 Å². The van der Waals surface area contributed by atoms with Gasteiger partial charge in [-0.3, -0.25) is 13.9 Å². The van der Waals surface area contributed by atoms with Crippen LogP contribution in [-0.2, 0) is 21.1 Å². The molecule has 0 unspecified atom stereocenters. The summed E-state index contributed by atoms with van der Waals surface area (Å²) in [6.45, 7) is 5.69. The Morgan fingerprint density at radius 2 is 1.73 bits per heavy atom. The van der Waals surface area contributed by atoms with E-state index in [1.807, 2.05) is 18.7 Å². The molecule has 9 heteroatoms. The highest BCUT2D eigenvalue weighted by Gasteiger charge is 2.19. The minimum Gasteiger partial charge on any atom is -0.358 e. The second-order valence-electron chi connectivity index (χ2n) is 4.87. The van der Waals surface area contributed by atoms with Crippen LogP contribution in [0.5, 0.6) is 0 Å². The summed E-state index contributed by atoms with van der Waals surface area (Å²) in [7, 11) is 4.83. The summed E-state index contributed by atoms with van der Waals surface area (Å²) in [5.41, 5.74) is 0.0297. The van der Waals surface area contributed by atoms with E-state index in [0.29, 0.717) is 20.6 Å². The van der Waals surface area contributed by atoms with Crippen molar-refractivity contribution in [2.75, 3.05) is 13.1 Å². The van der Waals surface area contributed by atoms with E-state index in [0.717, 1.165) is 17.7 Å². The van der Waals surface area contributed by atoms with E-state index < -0.39 is 5.69 Å². The Bertz CT molecular complexity index is 845. The van der Waals surface area contributed by atoms with Crippen LogP contribution in [0.4, 0.5) is 0 Å². The van der Waals surface area contributed by atoms with Gasteiger partial charge in [-0.05, 0) is 25.6 Å². The number of imidazole rings is 1. The van der Waals surface area contributed by atoms with E-state index >= 15 is 0 Å². The van der Waals surface area contributed by atoms with Gasteiger partial charge < -0.3 is 9.47 Å². The number of aromatic nitrogens is 4. The van der Waals surface area contributed by atoms with Gasteiger partial charge in [0.25, 0.3) is 5.56 Å². The van der Waals surface area contributed by atoms with Gasteiger partial charge in [0.05, 0.1) is 0 Å². The SMILES string of the molecule is CCN(CC)C(=S)Sc1nc2c(c(=O)n(C)c(=O)n2C)n1C. The van der Waals surface area contributed by atoms with Gasteiger partial charge in [0, 0.05) is 34.2 Å². The van der Waals surface area contributed by atoms with Crippen LogP contribution in [0.3, 0.4) is 0 Å². The zero-order valence-electron chi connectivity index (χ0n) is 13.3. The maximum atomic E-state index is 12.3. The molecule has 0 fully saturated rings. The van der Waals surface area contributed by atoms with Crippen molar-refractivity contribution in [3.63, 3.8) is 0 Å². The number of hydrogen-bond acceptors (Lipinski definition) is 5. The van der Waals surface area contributed by atoms with Crippen LogP contribution in [0.15, 0.2) is 14.7 Å². The minimum atomic E-state index is -0.390. The first-order valence-electron chi connectivity index (χ1n) is 6.92. The zero-order chi connectivity index (χ0) is 16.6. The summed E-state index contributed by atoms with van der Waals surface area (Å²) in [5.74, 6) is 0. The normalized spacial score (nSPS) is 11.1. The molecule has 0 bridgehead atoms. The first kappa shape index (κ1) is 16.8. The highest BCUT2D eigenvalue weighted by atomic mass is 32.2. The molecule has 0 atom stereocenters. The van der Waals surface area contributed by atoms with Crippen molar-refractivity contribution >= 4 is 39.5 Å². The van der Waals surface area contributed by atoms with Crippen LogP contribution in [0.25, 0.3) is 11.2 Å². The molecular weight excluding hydrogens is 322 g/mol. The summed E-state index contributed by atoms with van der Waals surface area (Å²) in [6, 6.07) is 0. The lowest BCUT2D eigenvalue weighted by atomic mass is 10.5. The first-order valence-corrected chi connectivity index (χ1v) is 8.15. The smallest absolute Gasteiger partial charge is 0.332 e. The van der Waals surface area contributed by atoms with E-state index in [4.69, 9.17) is 12.2 Å². The van der Waals surface area contributed by atoms with Gasteiger partial charge in [0.1, 0.15) is 4.32 Å². The molecule has 120 valence electrons. The topological polar surface area (TPSA) is 65.1 Å². The van der Waals surface area contributed by atoms with Gasteiger partial charge >= 0.3 is 5.69 Å². The highest BCUT2D eigenvalue weighted by Crippen LogP contribution is 2.23. The standard InChI is InChI=1S/C13H19N5O2S2/c1-6-18(7-2)13(21)22-11-14-9-8(15(11)3)10(19)17(5)12(20)16(9)4/h6-7H2,1-5H3.